The van der Waals surface area contributed by atoms with E-state index in [1.165, 1.54) is 11.0 Å². The third-order valence-electron chi connectivity index (χ3n) is 5.87. The molecule has 0 aromatic heterocycles. The van der Waals surface area contributed by atoms with Crippen LogP contribution in [0.15, 0.2) is 36.9 Å². The van der Waals surface area contributed by atoms with Crippen LogP contribution in [0.1, 0.15) is 76.5 Å². The van der Waals surface area contributed by atoms with Gasteiger partial charge < -0.3 is 26.0 Å². The number of nitrogens with one attached hydrogen (secondary N) is 2. The van der Waals surface area contributed by atoms with Crippen LogP contribution in [0, 0.1) is 6.92 Å². The molecule has 1 aliphatic carbocycles. The van der Waals surface area contributed by atoms with Crippen molar-refractivity contribution in [3.63, 3.8) is 0 Å². The quantitative estimate of drug-likeness (QED) is 0.425. The van der Waals surface area contributed by atoms with E-state index < -0.39 is 42.0 Å². The predicted molar refractivity (Wildman–Crippen MR) is 138 cm³/mol. The Balaban J connectivity index is 2.43. The third kappa shape index (κ3) is 9.02. The highest BCUT2D eigenvalue weighted by Gasteiger charge is 2.37. The molecule has 9 nitrogen and oxygen atoms in total. The molecular formula is C27H40N4O5. The van der Waals surface area contributed by atoms with Crippen LogP contribution < -0.4 is 16.4 Å². The van der Waals surface area contributed by atoms with E-state index in [0.717, 1.165) is 37.7 Å². The van der Waals surface area contributed by atoms with E-state index >= 15 is 0 Å². The van der Waals surface area contributed by atoms with Crippen molar-refractivity contribution in [3.8, 4) is 0 Å². The molecule has 0 saturated heterocycles. The Morgan fingerprint density at radius 3 is 2.42 bits per heavy atom. The highest BCUT2D eigenvalue weighted by atomic mass is 16.6. The second kappa shape index (κ2) is 13.1. The molecule has 1 aromatic carbocycles. The van der Waals surface area contributed by atoms with Crippen LogP contribution in [0.4, 0.5) is 4.79 Å². The summed E-state index contributed by atoms with van der Waals surface area (Å²) in [6, 6.07) is 5.08. The molecule has 2 atom stereocenters. The SMILES string of the molecule is C=CCN(C(=O)C(CC(N)=O)NC(=O)OC(C)(C)C)C(C(=O)NC1CCCCC1)c1cccc(C)c1. The van der Waals surface area contributed by atoms with E-state index in [4.69, 9.17) is 10.5 Å². The Hall–Kier alpha value is -3.36. The maximum Gasteiger partial charge on any atom is 0.408 e. The van der Waals surface area contributed by atoms with Gasteiger partial charge in [-0.05, 0) is 46.1 Å². The Kier molecular flexibility index (Phi) is 10.5. The van der Waals surface area contributed by atoms with E-state index in [9.17, 15) is 19.2 Å². The van der Waals surface area contributed by atoms with E-state index in [1.807, 2.05) is 25.1 Å². The number of hydrogen-bond donors (Lipinski definition) is 3. The first-order valence-corrected chi connectivity index (χ1v) is 12.5. The lowest BCUT2D eigenvalue weighted by Crippen LogP contribution is -2.54. The molecule has 0 bridgehead atoms. The number of aryl methyl sites for hydroxylation is 1. The number of alkyl carbamates (subject to hydrolysis) is 1. The fourth-order valence-electron chi connectivity index (χ4n) is 4.35. The average Bonchev–Trinajstić information content (AvgIpc) is 2.77. The number of nitrogens with two attached hydrogens (primary N) is 1. The van der Waals surface area contributed by atoms with E-state index in [0.29, 0.717) is 5.56 Å². The van der Waals surface area contributed by atoms with Gasteiger partial charge in [-0.3, -0.25) is 14.4 Å². The lowest BCUT2D eigenvalue weighted by molar-refractivity contribution is -0.143. The molecular weight excluding hydrogens is 460 g/mol. The Morgan fingerprint density at radius 2 is 1.86 bits per heavy atom. The van der Waals surface area contributed by atoms with Gasteiger partial charge >= 0.3 is 6.09 Å². The molecule has 9 heteroatoms. The maximum absolute atomic E-state index is 13.8. The van der Waals surface area contributed by atoms with Crippen molar-refractivity contribution in [1.29, 1.82) is 0 Å². The summed E-state index contributed by atoms with van der Waals surface area (Å²) in [5, 5.41) is 5.57. The molecule has 4 amide bonds. The minimum Gasteiger partial charge on any atom is -0.444 e. The van der Waals surface area contributed by atoms with Crippen molar-refractivity contribution in [2.24, 2.45) is 5.73 Å². The zero-order chi connectivity index (χ0) is 26.9. The van der Waals surface area contributed by atoms with Gasteiger partial charge in [0, 0.05) is 12.6 Å². The molecule has 36 heavy (non-hydrogen) atoms. The van der Waals surface area contributed by atoms with Crippen LogP contribution in [0.3, 0.4) is 0 Å². The summed E-state index contributed by atoms with van der Waals surface area (Å²) >= 11 is 0. The van der Waals surface area contributed by atoms with Crippen molar-refractivity contribution in [1.82, 2.24) is 15.5 Å². The second-order valence-corrected chi connectivity index (χ2v) is 10.3. The summed E-state index contributed by atoms with van der Waals surface area (Å²) in [5.41, 5.74) is 6.13. The van der Waals surface area contributed by atoms with Gasteiger partial charge in [0.25, 0.3) is 0 Å². The van der Waals surface area contributed by atoms with Gasteiger partial charge in [-0.15, -0.1) is 6.58 Å². The van der Waals surface area contributed by atoms with Crippen LogP contribution in [0.2, 0.25) is 0 Å². The van der Waals surface area contributed by atoms with Gasteiger partial charge in [-0.25, -0.2) is 4.79 Å². The smallest absolute Gasteiger partial charge is 0.408 e. The van der Waals surface area contributed by atoms with Crippen molar-refractivity contribution in [2.45, 2.75) is 89.9 Å². The number of benzene rings is 1. The summed E-state index contributed by atoms with van der Waals surface area (Å²) < 4.78 is 5.28. The summed E-state index contributed by atoms with van der Waals surface area (Å²) in [4.78, 5) is 53.0. The number of carbonyl (C=O) groups excluding carboxylic acids is 4. The van der Waals surface area contributed by atoms with Gasteiger partial charge in [-0.2, -0.15) is 0 Å². The molecule has 1 saturated carbocycles. The minimum atomic E-state index is -1.31. The first-order chi connectivity index (χ1) is 16.9. The topological polar surface area (TPSA) is 131 Å². The predicted octanol–water partition coefficient (Wildman–Crippen LogP) is 3.27. The highest BCUT2D eigenvalue weighted by molar-refractivity contribution is 5.94. The van der Waals surface area contributed by atoms with Crippen molar-refractivity contribution >= 4 is 23.8 Å². The first kappa shape index (κ1) is 28.9. The van der Waals surface area contributed by atoms with Gasteiger partial charge in [0.1, 0.15) is 17.7 Å². The number of primary amides is 1. The molecule has 2 unspecified atom stereocenters. The Labute approximate surface area is 213 Å². The summed E-state index contributed by atoms with van der Waals surface area (Å²) in [6.45, 7) is 10.7. The minimum absolute atomic E-state index is 0.0147. The monoisotopic (exact) mass is 500 g/mol. The standard InChI is InChI=1S/C27H40N4O5/c1-6-15-31(25(34)21(17-22(28)32)30-26(35)36-27(3,4)5)23(19-12-10-11-18(2)16-19)24(33)29-20-13-8-7-9-14-20/h6,10-12,16,20-21,23H,1,7-9,13-15,17H2,2-5H3,(H2,28,32)(H,29,33)(H,30,35). The fourth-order valence-corrected chi connectivity index (χ4v) is 4.35. The maximum atomic E-state index is 13.8. The van der Waals surface area contributed by atoms with Crippen molar-refractivity contribution in [2.75, 3.05) is 6.54 Å². The van der Waals surface area contributed by atoms with Crippen LogP contribution in [0.25, 0.3) is 0 Å². The van der Waals surface area contributed by atoms with Gasteiger partial charge in [0.15, 0.2) is 0 Å². The summed E-state index contributed by atoms with van der Waals surface area (Å²) in [7, 11) is 0. The Bertz CT molecular complexity index is 950. The average molecular weight is 501 g/mol. The lowest BCUT2D eigenvalue weighted by Gasteiger charge is -2.35. The molecule has 0 aliphatic heterocycles. The molecule has 0 radical (unpaired) electrons. The van der Waals surface area contributed by atoms with E-state index in [-0.39, 0.29) is 18.5 Å². The van der Waals surface area contributed by atoms with Crippen molar-refractivity contribution < 1.29 is 23.9 Å². The summed E-state index contributed by atoms with van der Waals surface area (Å²) in [5.74, 6) is -1.73. The first-order valence-electron chi connectivity index (χ1n) is 12.5. The molecule has 4 N–H and O–H groups in total. The van der Waals surface area contributed by atoms with E-state index in [1.54, 1.807) is 26.8 Å². The largest absolute Gasteiger partial charge is 0.444 e. The molecule has 2 rings (SSSR count). The van der Waals surface area contributed by atoms with Gasteiger partial charge in [0.2, 0.25) is 17.7 Å². The van der Waals surface area contributed by atoms with Crippen LogP contribution in [0.5, 0.6) is 0 Å². The number of nitrogens with zero attached hydrogens (tertiary/aromatic N) is 1. The van der Waals surface area contributed by atoms with Crippen molar-refractivity contribution in [3.05, 3.63) is 48.0 Å². The molecule has 0 heterocycles. The molecule has 198 valence electrons. The Morgan fingerprint density at radius 1 is 1.19 bits per heavy atom. The van der Waals surface area contributed by atoms with Crippen LogP contribution in [-0.2, 0) is 19.1 Å². The molecule has 1 aromatic rings. The number of amides is 4. The lowest BCUT2D eigenvalue weighted by atomic mass is 9.94. The molecule has 1 aliphatic rings. The number of hydrogen-bond acceptors (Lipinski definition) is 5. The van der Waals surface area contributed by atoms with Gasteiger partial charge in [-0.1, -0.05) is 55.2 Å². The zero-order valence-electron chi connectivity index (χ0n) is 21.8. The second-order valence-electron chi connectivity index (χ2n) is 10.3. The third-order valence-corrected chi connectivity index (χ3v) is 5.87. The summed E-state index contributed by atoms with van der Waals surface area (Å²) in [6.07, 6.45) is 5.17. The van der Waals surface area contributed by atoms with E-state index in [2.05, 4.69) is 17.2 Å². The number of carbonyl (C=O) groups is 4. The van der Waals surface area contributed by atoms with Gasteiger partial charge in [0.05, 0.1) is 6.42 Å². The van der Waals surface area contributed by atoms with Crippen LogP contribution in [-0.4, -0.2) is 52.9 Å². The zero-order valence-corrected chi connectivity index (χ0v) is 21.8. The normalized spacial score (nSPS) is 15.8. The highest BCUT2D eigenvalue weighted by Crippen LogP contribution is 2.26. The molecule has 0 spiro atoms. The number of rotatable bonds is 10. The molecule has 1 fully saturated rings. The van der Waals surface area contributed by atoms with Crippen LogP contribution >= 0.6 is 0 Å². The number of ether oxygens (including phenoxy) is 1. The fraction of sp³-hybridized carbons (Fsp3) is 0.556.